The van der Waals surface area contributed by atoms with Crippen molar-refractivity contribution in [2.45, 2.75) is 90.5 Å². The number of benzene rings is 1. The van der Waals surface area contributed by atoms with E-state index in [-0.39, 0.29) is 73.5 Å². The molecule has 6 unspecified atom stereocenters. The highest BCUT2D eigenvalue weighted by Crippen LogP contribution is 2.39. The van der Waals surface area contributed by atoms with E-state index in [0.717, 1.165) is 62.5 Å². The molecule has 238 valence electrons. The fourth-order valence-corrected chi connectivity index (χ4v) is 7.06. The standard InChI is InChI=1S/C32H42N4O8/c1-19(17-35-27(37)23-10-3-4-11-24(23)28(35)38)43-31(41)33-15-21-8-7-9-22(14-21)16-34-32(42)44-20(2)18-36-29(39)25-12-5-6-13-26(25)30(36)40/h7-9,14,19-20,23-26H,3-6,10-13,15-18H2,1-2H3,(H,33,41)(H,34,42). The first kappa shape index (κ1) is 31.5. The molecule has 6 amide bonds. The molecule has 2 N–H and O–H groups in total. The van der Waals surface area contributed by atoms with Crippen molar-refractivity contribution >= 4 is 35.8 Å². The van der Waals surface area contributed by atoms with E-state index in [9.17, 15) is 28.8 Å². The molecule has 0 radical (unpaired) electrons. The summed E-state index contributed by atoms with van der Waals surface area (Å²) in [5.74, 6) is -1.58. The quantitative estimate of drug-likeness (QED) is 0.383. The van der Waals surface area contributed by atoms with E-state index in [1.807, 2.05) is 18.2 Å². The average molecular weight is 611 g/mol. The van der Waals surface area contributed by atoms with Crippen molar-refractivity contribution in [3.05, 3.63) is 35.4 Å². The summed E-state index contributed by atoms with van der Waals surface area (Å²) in [7, 11) is 0. The summed E-state index contributed by atoms with van der Waals surface area (Å²) in [6.07, 6.45) is 4.12. The first-order valence-corrected chi connectivity index (χ1v) is 15.8. The molecule has 2 aliphatic carbocycles. The Labute approximate surface area is 257 Å². The fraction of sp³-hybridized carbons (Fsp3) is 0.625. The Morgan fingerprint density at radius 3 is 1.36 bits per heavy atom. The van der Waals surface area contributed by atoms with Crippen molar-refractivity contribution in [2.75, 3.05) is 13.1 Å². The zero-order valence-electron chi connectivity index (χ0n) is 25.4. The number of carbonyl (C=O) groups is 6. The SMILES string of the molecule is CC(CN1C(=O)C2CCCCC2C1=O)OC(=O)NCc1cccc(CNC(=O)OC(C)CN2C(=O)C3CCCCC3C2=O)c1. The van der Waals surface area contributed by atoms with Gasteiger partial charge in [-0.25, -0.2) is 9.59 Å². The van der Waals surface area contributed by atoms with Crippen molar-refractivity contribution in [3.63, 3.8) is 0 Å². The number of amides is 6. The van der Waals surface area contributed by atoms with E-state index in [4.69, 9.17) is 9.47 Å². The molecule has 0 aromatic heterocycles. The summed E-state index contributed by atoms with van der Waals surface area (Å²) >= 11 is 0. The number of rotatable bonds is 10. The van der Waals surface area contributed by atoms with Crippen LogP contribution in [0.2, 0.25) is 0 Å². The maximum Gasteiger partial charge on any atom is 0.407 e. The lowest BCUT2D eigenvalue weighted by Crippen LogP contribution is -2.40. The molecule has 1 aromatic rings. The van der Waals surface area contributed by atoms with Gasteiger partial charge in [0.05, 0.1) is 36.8 Å². The Balaban J connectivity index is 1.02. The molecule has 12 heteroatoms. The van der Waals surface area contributed by atoms with Gasteiger partial charge in [0.15, 0.2) is 0 Å². The monoisotopic (exact) mass is 610 g/mol. The van der Waals surface area contributed by atoms with Gasteiger partial charge in [0.1, 0.15) is 12.2 Å². The molecule has 0 spiro atoms. The Kier molecular flexibility index (Phi) is 9.85. The van der Waals surface area contributed by atoms with Crippen molar-refractivity contribution in [1.82, 2.24) is 20.4 Å². The van der Waals surface area contributed by atoms with Gasteiger partial charge in [0.2, 0.25) is 23.6 Å². The van der Waals surface area contributed by atoms with Gasteiger partial charge in [-0.1, -0.05) is 49.9 Å². The Hall–Kier alpha value is -3.96. The molecule has 5 rings (SSSR count). The zero-order valence-corrected chi connectivity index (χ0v) is 25.4. The molecule has 2 saturated carbocycles. The molecule has 4 fully saturated rings. The summed E-state index contributed by atoms with van der Waals surface area (Å²) in [5, 5.41) is 5.37. The molecule has 2 heterocycles. The minimum absolute atomic E-state index is 0.0413. The number of imide groups is 2. The Morgan fingerprint density at radius 1 is 0.682 bits per heavy atom. The Morgan fingerprint density at radius 2 is 1.02 bits per heavy atom. The predicted molar refractivity (Wildman–Crippen MR) is 156 cm³/mol. The fourth-order valence-electron chi connectivity index (χ4n) is 7.06. The van der Waals surface area contributed by atoms with Crippen molar-refractivity contribution in [2.24, 2.45) is 23.7 Å². The maximum atomic E-state index is 12.7. The second-order valence-electron chi connectivity index (χ2n) is 12.5. The molecule has 44 heavy (non-hydrogen) atoms. The van der Waals surface area contributed by atoms with Crippen LogP contribution in [0.5, 0.6) is 0 Å². The van der Waals surface area contributed by atoms with E-state index < -0.39 is 24.4 Å². The number of hydrogen-bond donors (Lipinski definition) is 2. The van der Waals surface area contributed by atoms with Gasteiger partial charge in [-0.2, -0.15) is 0 Å². The second-order valence-corrected chi connectivity index (χ2v) is 12.5. The number of fused-ring (bicyclic) bond motifs is 2. The van der Waals surface area contributed by atoms with Gasteiger partial charge in [-0.05, 0) is 50.7 Å². The molecular formula is C32H42N4O8. The first-order valence-electron chi connectivity index (χ1n) is 15.8. The van der Waals surface area contributed by atoms with Gasteiger partial charge >= 0.3 is 12.2 Å². The van der Waals surface area contributed by atoms with Gasteiger partial charge < -0.3 is 20.1 Å². The van der Waals surface area contributed by atoms with Crippen LogP contribution in [0, 0.1) is 23.7 Å². The van der Waals surface area contributed by atoms with Crippen molar-refractivity contribution in [1.29, 1.82) is 0 Å². The minimum Gasteiger partial charge on any atom is -0.445 e. The van der Waals surface area contributed by atoms with E-state index in [1.165, 1.54) is 9.80 Å². The summed E-state index contributed by atoms with van der Waals surface area (Å²) in [5.41, 5.74) is 1.55. The maximum absolute atomic E-state index is 12.7. The van der Waals surface area contributed by atoms with Crippen LogP contribution in [0.4, 0.5) is 9.59 Å². The normalized spacial score (nSPS) is 26.1. The third-order valence-corrected chi connectivity index (χ3v) is 9.23. The van der Waals surface area contributed by atoms with E-state index >= 15 is 0 Å². The highest BCUT2D eigenvalue weighted by Gasteiger charge is 2.49. The molecule has 0 bridgehead atoms. The third-order valence-electron chi connectivity index (χ3n) is 9.23. The van der Waals surface area contributed by atoms with Crippen molar-refractivity contribution < 1.29 is 38.2 Å². The van der Waals surface area contributed by atoms with Crippen LogP contribution in [0.15, 0.2) is 24.3 Å². The average Bonchev–Trinajstić information content (AvgIpc) is 3.39. The third kappa shape index (κ3) is 7.05. The van der Waals surface area contributed by atoms with E-state index in [0.29, 0.717) is 0 Å². The molecule has 12 nitrogen and oxygen atoms in total. The number of likely N-dealkylation sites (tertiary alicyclic amines) is 2. The highest BCUT2D eigenvalue weighted by molar-refractivity contribution is 6.05. The molecular weight excluding hydrogens is 568 g/mol. The van der Waals surface area contributed by atoms with Crippen LogP contribution in [0.25, 0.3) is 0 Å². The Bertz CT molecular complexity index is 1160. The van der Waals surface area contributed by atoms with E-state index in [2.05, 4.69) is 10.6 Å². The summed E-state index contributed by atoms with van der Waals surface area (Å²) in [6, 6.07) is 7.25. The molecule has 1 aromatic carbocycles. The summed E-state index contributed by atoms with van der Waals surface area (Å²) in [6.45, 7) is 3.74. The van der Waals surface area contributed by atoms with Gasteiger partial charge in [0.25, 0.3) is 0 Å². The number of ether oxygens (including phenoxy) is 2. The van der Waals surface area contributed by atoms with Crippen LogP contribution >= 0.6 is 0 Å². The van der Waals surface area contributed by atoms with Crippen molar-refractivity contribution in [3.8, 4) is 0 Å². The van der Waals surface area contributed by atoms with Crippen LogP contribution in [0.1, 0.15) is 76.3 Å². The molecule has 2 saturated heterocycles. The van der Waals surface area contributed by atoms with Gasteiger partial charge in [-0.3, -0.25) is 29.0 Å². The minimum atomic E-state index is -0.663. The predicted octanol–water partition coefficient (Wildman–Crippen LogP) is 3.27. The van der Waals surface area contributed by atoms with E-state index in [1.54, 1.807) is 19.9 Å². The van der Waals surface area contributed by atoms with Gasteiger partial charge in [0, 0.05) is 13.1 Å². The molecule has 4 aliphatic rings. The lowest BCUT2D eigenvalue weighted by atomic mass is 9.81. The highest BCUT2D eigenvalue weighted by atomic mass is 16.6. The van der Waals surface area contributed by atoms with Crippen LogP contribution in [-0.4, -0.2) is 70.9 Å². The molecule has 2 aliphatic heterocycles. The molecule has 6 atom stereocenters. The number of alkyl carbamates (subject to hydrolysis) is 2. The summed E-state index contributed by atoms with van der Waals surface area (Å²) < 4.78 is 10.8. The number of nitrogens with one attached hydrogen (secondary N) is 2. The van der Waals surface area contributed by atoms with Crippen LogP contribution < -0.4 is 10.6 Å². The lowest BCUT2D eigenvalue weighted by molar-refractivity contribution is -0.142. The summed E-state index contributed by atoms with van der Waals surface area (Å²) in [4.78, 5) is 78.1. The number of hydrogen-bond acceptors (Lipinski definition) is 8. The topological polar surface area (TPSA) is 151 Å². The lowest BCUT2D eigenvalue weighted by Gasteiger charge is -2.20. The number of carbonyl (C=O) groups excluding carboxylic acids is 6. The first-order chi connectivity index (χ1) is 21.1. The smallest absolute Gasteiger partial charge is 0.407 e. The number of nitrogens with zero attached hydrogens (tertiary/aromatic N) is 2. The van der Waals surface area contributed by atoms with Crippen LogP contribution in [-0.2, 0) is 41.7 Å². The largest absolute Gasteiger partial charge is 0.445 e. The van der Waals surface area contributed by atoms with Gasteiger partial charge in [-0.15, -0.1) is 0 Å². The zero-order chi connectivity index (χ0) is 31.4. The second kappa shape index (κ2) is 13.8. The van der Waals surface area contributed by atoms with Crippen LogP contribution in [0.3, 0.4) is 0 Å².